The van der Waals surface area contributed by atoms with Gasteiger partial charge in [0.05, 0.1) is 6.04 Å². The lowest BCUT2D eigenvalue weighted by molar-refractivity contribution is -0.137. The number of nitrogens with zero attached hydrogens (tertiary/aromatic N) is 1. The van der Waals surface area contributed by atoms with Crippen LogP contribution in [0.4, 0.5) is 0 Å². The predicted octanol–water partition coefficient (Wildman–Crippen LogP) is 4.95. The Morgan fingerprint density at radius 1 is 1.09 bits per heavy atom. The average Bonchev–Trinajstić information content (AvgIpc) is 3.51. The third-order valence-electron chi connectivity index (χ3n) is 7.63. The molecule has 0 bridgehead atoms. The Morgan fingerprint density at radius 3 is 2.62 bits per heavy atom. The summed E-state index contributed by atoms with van der Waals surface area (Å²) in [6.45, 7) is 5.37. The summed E-state index contributed by atoms with van der Waals surface area (Å²) in [6, 6.07) is 14.5. The summed E-state index contributed by atoms with van der Waals surface area (Å²) in [5, 5.41) is 3.00. The summed E-state index contributed by atoms with van der Waals surface area (Å²) in [5.41, 5.74) is 4.69. The van der Waals surface area contributed by atoms with Crippen molar-refractivity contribution in [2.24, 2.45) is 11.8 Å². The molecular formula is C29H36N2O3. The van der Waals surface area contributed by atoms with Crippen molar-refractivity contribution in [3.63, 3.8) is 0 Å². The zero-order valence-corrected chi connectivity index (χ0v) is 20.4. The standard InChI is InChI=1S/C29H36N2O3/c1-19-6-5-9-24(16-19)27-26-17-25(34-20(2)28(32)30-18-21-10-11-21)13-12-22(26)14-15-31(27)29(33)23-7-3-4-8-23/h5-6,9,12-13,16-17,20-21,23,27H,3-4,7-8,10-11,14-15,18H2,1-2H3,(H,30,32)/t20-,27+/m1/s1. The maximum atomic E-state index is 13.6. The van der Waals surface area contributed by atoms with E-state index in [9.17, 15) is 9.59 Å². The van der Waals surface area contributed by atoms with Crippen LogP contribution in [0.3, 0.4) is 0 Å². The van der Waals surface area contributed by atoms with E-state index < -0.39 is 6.10 Å². The minimum absolute atomic E-state index is 0.0714. The van der Waals surface area contributed by atoms with Gasteiger partial charge in [-0.3, -0.25) is 9.59 Å². The highest BCUT2D eigenvalue weighted by atomic mass is 16.5. The number of hydrogen-bond donors (Lipinski definition) is 1. The van der Waals surface area contributed by atoms with Gasteiger partial charge in [-0.1, -0.05) is 48.7 Å². The first-order valence-electron chi connectivity index (χ1n) is 12.9. The Kier molecular flexibility index (Phi) is 6.62. The molecule has 0 unspecified atom stereocenters. The molecule has 0 aromatic heterocycles. The minimum Gasteiger partial charge on any atom is -0.481 e. The zero-order chi connectivity index (χ0) is 23.7. The van der Waals surface area contributed by atoms with E-state index >= 15 is 0 Å². The number of fused-ring (bicyclic) bond motifs is 1. The number of rotatable bonds is 7. The fourth-order valence-electron chi connectivity index (χ4n) is 5.48. The first-order valence-corrected chi connectivity index (χ1v) is 12.9. The van der Waals surface area contributed by atoms with Crippen molar-refractivity contribution in [1.82, 2.24) is 10.2 Å². The summed E-state index contributed by atoms with van der Waals surface area (Å²) in [4.78, 5) is 28.2. The highest BCUT2D eigenvalue weighted by Gasteiger charge is 2.36. The second kappa shape index (κ2) is 9.81. The molecule has 2 amide bonds. The van der Waals surface area contributed by atoms with Crippen LogP contribution in [-0.2, 0) is 16.0 Å². The Labute approximate surface area is 202 Å². The molecule has 0 radical (unpaired) electrons. The SMILES string of the molecule is Cc1cccc([C@H]2c3cc(O[C@H](C)C(=O)NCC4CC4)ccc3CCN2C(=O)C2CCCC2)c1. The normalized spacial score (nSPS) is 21.1. The molecule has 5 heteroatoms. The molecule has 1 heterocycles. The lowest BCUT2D eigenvalue weighted by Crippen LogP contribution is -2.43. The van der Waals surface area contributed by atoms with Crippen LogP contribution in [0, 0.1) is 18.8 Å². The topological polar surface area (TPSA) is 58.6 Å². The summed E-state index contributed by atoms with van der Waals surface area (Å²) < 4.78 is 6.08. The molecule has 2 fully saturated rings. The Balaban J connectivity index is 1.42. The van der Waals surface area contributed by atoms with Crippen molar-refractivity contribution in [2.45, 2.75) is 70.9 Å². The molecule has 34 heavy (non-hydrogen) atoms. The average molecular weight is 461 g/mol. The molecule has 1 N–H and O–H groups in total. The number of hydrogen-bond acceptors (Lipinski definition) is 3. The van der Waals surface area contributed by atoms with Crippen molar-refractivity contribution in [3.05, 3.63) is 64.7 Å². The van der Waals surface area contributed by atoms with Crippen LogP contribution in [0.2, 0.25) is 0 Å². The first-order chi connectivity index (χ1) is 16.5. The fraction of sp³-hybridized carbons (Fsp3) is 0.517. The van der Waals surface area contributed by atoms with Gasteiger partial charge >= 0.3 is 0 Å². The molecule has 0 spiro atoms. The van der Waals surface area contributed by atoms with Crippen molar-refractivity contribution < 1.29 is 14.3 Å². The molecule has 1 aliphatic heterocycles. The van der Waals surface area contributed by atoms with E-state index in [4.69, 9.17) is 4.74 Å². The van der Waals surface area contributed by atoms with Crippen LogP contribution in [0.15, 0.2) is 42.5 Å². The fourth-order valence-corrected chi connectivity index (χ4v) is 5.48. The van der Waals surface area contributed by atoms with Crippen LogP contribution in [0.5, 0.6) is 5.75 Å². The van der Waals surface area contributed by atoms with Crippen LogP contribution in [0.1, 0.15) is 73.7 Å². The maximum Gasteiger partial charge on any atom is 0.260 e. The van der Waals surface area contributed by atoms with Gasteiger partial charge in [0.1, 0.15) is 5.75 Å². The lowest BCUT2D eigenvalue weighted by atomic mass is 9.86. The summed E-state index contributed by atoms with van der Waals surface area (Å²) in [6.07, 6.45) is 6.98. The Morgan fingerprint density at radius 2 is 1.88 bits per heavy atom. The number of carbonyl (C=O) groups excluding carboxylic acids is 2. The lowest BCUT2D eigenvalue weighted by Gasteiger charge is -2.39. The van der Waals surface area contributed by atoms with Gasteiger partial charge in [-0.25, -0.2) is 0 Å². The smallest absolute Gasteiger partial charge is 0.260 e. The van der Waals surface area contributed by atoms with Gasteiger partial charge in [-0.2, -0.15) is 0 Å². The summed E-state index contributed by atoms with van der Waals surface area (Å²) in [5.74, 6) is 1.68. The third kappa shape index (κ3) is 4.98. The number of amides is 2. The van der Waals surface area contributed by atoms with Crippen LogP contribution < -0.4 is 10.1 Å². The second-order valence-corrected chi connectivity index (χ2v) is 10.4. The van der Waals surface area contributed by atoms with Gasteiger partial charge < -0.3 is 15.0 Å². The number of benzene rings is 2. The highest BCUT2D eigenvalue weighted by Crippen LogP contribution is 2.40. The van der Waals surface area contributed by atoms with E-state index in [0.717, 1.165) is 56.3 Å². The molecular weight excluding hydrogens is 424 g/mol. The van der Waals surface area contributed by atoms with Crippen molar-refractivity contribution in [2.75, 3.05) is 13.1 Å². The molecule has 2 atom stereocenters. The number of aryl methyl sites for hydroxylation is 1. The van der Waals surface area contributed by atoms with Gasteiger partial charge in [0.15, 0.2) is 6.10 Å². The molecule has 5 nitrogen and oxygen atoms in total. The molecule has 2 saturated carbocycles. The maximum absolute atomic E-state index is 13.6. The van der Waals surface area contributed by atoms with E-state index in [0.29, 0.717) is 11.7 Å². The Hall–Kier alpha value is -2.82. The van der Waals surface area contributed by atoms with Gasteiger partial charge in [0.2, 0.25) is 5.91 Å². The third-order valence-corrected chi connectivity index (χ3v) is 7.63. The van der Waals surface area contributed by atoms with Crippen LogP contribution in [0.25, 0.3) is 0 Å². The molecule has 3 aliphatic rings. The van der Waals surface area contributed by atoms with E-state index in [2.05, 4.69) is 53.5 Å². The van der Waals surface area contributed by atoms with E-state index in [-0.39, 0.29) is 23.8 Å². The second-order valence-electron chi connectivity index (χ2n) is 10.4. The molecule has 0 saturated heterocycles. The molecule has 2 aliphatic carbocycles. The molecule has 5 rings (SSSR count). The molecule has 2 aromatic rings. The number of ether oxygens (including phenoxy) is 1. The molecule has 2 aromatic carbocycles. The van der Waals surface area contributed by atoms with E-state index in [1.165, 1.54) is 24.0 Å². The van der Waals surface area contributed by atoms with Crippen LogP contribution >= 0.6 is 0 Å². The van der Waals surface area contributed by atoms with Gasteiger partial charge in [0, 0.05) is 19.0 Å². The zero-order valence-electron chi connectivity index (χ0n) is 20.4. The van der Waals surface area contributed by atoms with E-state index in [1.807, 2.05) is 6.07 Å². The monoisotopic (exact) mass is 460 g/mol. The number of carbonyl (C=O) groups is 2. The summed E-state index contributed by atoms with van der Waals surface area (Å²) >= 11 is 0. The quantitative estimate of drug-likeness (QED) is 0.636. The predicted molar refractivity (Wildman–Crippen MR) is 133 cm³/mol. The van der Waals surface area contributed by atoms with E-state index in [1.54, 1.807) is 6.92 Å². The summed E-state index contributed by atoms with van der Waals surface area (Å²) in [7, 11) is 0. The molecule has 180 valence electrons. The number of nitrogens with one attached hydrogen (secondary N) is 1. The van der Waals surface area contributed by atoms with Crippen molar-refractivity contribution in [1.29, 1.82) is 0 Å². The van der Waals surface area contributed by atoms with Crippen molar-refractivity contribution >= 4 is 11.8 Å². The van der Waals surface area contributed by atoms with Gasteiger partial charge in [0.25, 0.3) is 5.91 Å². The first kappa shape index (κ1) is 22.9. The van der Waals surface area contributed by atoms with Gasteiger partial charge in [-0.15, -0.1) is 0 Å². The largest absolute Gasteiger partial charge is 0.481 e. The Bertz CT molecular complexity index is 1060. The van der Waals surface area contributed by atoms with Crippen molar-refractivity contribution in [3.8, 4) is 5.75 Å². The van der Waals surface area contributed by atoms with Gasteiger partial charge in [-0.05, 0) is 80.7 Å². The minimum atomic E-state index is -0.561. The highest BCUT2D eigenvalue weighted by molar-refractivity contribution is 5.81. The van der Waals surface area contributed by atoms with Crippen LogP contribution in [-0.4, -0.2) is 35.9 Å².